The molecule has 0 saturated heterocycles. The minimum Gasteiger partial charge on any atom is -0.480 e. The largest absolute Gasteiger partial charge is 0.480 e. The molecule has 0 atom stereocenters. The van der Waals surface area contributed by atoms with Crippen molar-refractivity contribution in [1.29, 1.82) is 0 Å². The topological polar surface area (TPSA) is 40.5 Å². The van der Waals surface area contributed by atoms with Gasteiger partial charge in [-0.3, -0.25) is 4.79 Å². The highest BCUT2D eigenvalue weighted by Gasteiger charge is 2.16. The second kappa shape index (κ2) is 6.30. The highest BCUT2D eigenvalue weighted by Crippen LogP contribution is 2.20. The second-order valence-corrected chi connectivity index (χ2v) is 4.44. The van der Waals surface area contributed by atoms with Crippen LogP contribution in [0.2, 0.25) is 0 Å². The molecule has 0 spiro atoms. The van der Waals surface area contributed by atoms with Crippen molar-refractivity contribution in [3.05, 3.63) is 65.5 Å². The Morgan fingerprint density at radius 1 is 1.00 bits per heavy atom. The van der Waals surface area contributed by atoms with Gasteiger partial charge >= 0.3 is 5.97 Å². The summed E-state index contributed by atoms with van der Waals surface area (Å²) in [6.07, 6.45) is 0. The molecule has 0 fully saturated rings. The zero-order valence-corrected chi connectivity index (χ0v) is 10.9. The first kappa shape index (κ1) is 14.9. The molecule has 0 aliphatic carbocycles. The van der Waals surface area contributed by atoms with Gasteiger partial charge in [-0.1, -0.05) is 18.2 Å². The summed E-state index contributed by atoms with van der Waals surface area (Å²) < 4.78 is 39.8. The number of hydrogen-bond donors (Lipinski definition) is 1. The predicted molar refractivity (Wildman–Crippen MR) is 71.4 cm³/mol. The Morgan fingerprint density at radius 2 is 1.62 bits per heavy atom. The Balaban J connectivity index is 2.31. The van der Waals surface area contributed by atoms with Crippen LogP contribution >= 0.6 is 0 Å². The first-order valence-corrected chi connectivity index (χ1v) is 6.12. The lowest BCUT2D eigenvalue weighted by atomic mass is 10.1. The summed E-state index contributed by atoms with van der Waals surface area (Å²) in [5.74, 6) is -4.47. The molecular formula is C15H12F3NO2. The molecular weight excluding hydrogens is 283 g/mol. The lowest BCUT2D eigenvalue weighted by Gasteiger charge is -2.23. The van der Waals surface area contributed by atoms with Crippen LogP contribution in [0.5, 0.6) is 0 Å². The number of rotatable bonds is 5. The van der Waals surface area contributed by atoms with E-state index in [1.165, 1.54) is 4.90 Å². The standard InChI is InChI=1S/C15H12F3NO2/c16-12-7-14(18)13(17)6-10(12)8-19(9-15(20)21)11-4-2-1-3-5-11/h1-7H,8-9H2,(H,20,21). The van der Waals surface area contributed by atoms with Crippen molar-refractivity contribution in [1.82, 2.24) is 0 Å². The van der Waals surface area contributed by atoms with Crippen LogP contribution in [-0.2, 0) is 11.3 Å². The van der Waals surface area contributed by atoms with E-state index >= 15 is 0 Å². The van der Waals surface area contributed by atoms with Crippen LogP contribution in [0.1, 0.15) is 5.56 Å². The third kappa shape index (κ3) is 3.75. The van der Waals surface area contributed by atoms with Crippen LogP contribution in [-0.4, -0.2) is 17.6 Å². The predicted octanol–water partition coefficient (Wildman–Crippen LogP) is 3.20. The molecule has 0 amide bonds. The third-order valence-electron chi connectivity index (χ3n) is 2.90. The fourth-order valence-electron chi connectivity index (χ4n) is 1.93. The Labute approximate surface area is 119 Å². The Bertz CT molecular complexity index is 647. The van der Waals surface area contributed by atoms with Crippen LogP contribution in [0, 0.1) is 17.5 Å². The van der Waals surface area contributed by atoms with Gasteiger partial charge in [0.15, 0.2) is 11.6 Å². The average molecular weight is 295 g/mol. The summed E-state index contributed by atoms with van der Waals surface area (Å²) in [6, 6.07) is 9.65. The first-order chi connectivity index (χ1) is 9.97. The maximum Gasteiger partial charge on any atom is 0.323 e. The lowest BCUT2D eigenvalue weighted by Crippen LogP contribution is -2.29. The number of carboxylic acid groups (broad SMARTS) is 1. The molecule has 6 heteroatoms. The third-order valence-corrected chi connectivity index (χ3v) is 2.90. The van der Waals surface area contributed by atoms with E-state index in [4.69, 9.17) is 5.11 Å². The number of benzene rings is 2. The molecule has 0 aromatic heterocycles. The monoisotopic (exact) mass is 295 g/mol. The van der Waals surface area contributed by atoms with Gasteiger partial charge in [0.25, 0.3) is 0 Å². The summed E-state index contributed by atoms with van der Waals surface area (Å²) in [4.78, 5) is 12.3. The van der Waals surface area contributed by atoms with Gasteiger partial charge in [-0.05, 0) is 18.2 Å². The number of anilines is 1. The zero-order valence-electron chi connectivity index (χ0n) is 10.9. The van der Waals surface area contributed by atoms with Crippen LogP contribution in [0.3, 0.4) is 0 Å². The summed E-state index contributed by atoms with van der Waals surface area (Å²) in [5, 5.41) is 8.92. The van der Waals surface area contributed by atoms with E-state index in [1.807, 2.05) is 0 Å². The maximum absolute atomic E-state index is 13.7. The number of halogens is 3. The van der Waals surface area contributed by atoms with Crippen molar-refractivity contribution in [2.24, 2.45) is 0 Å². The van der Waals surface area contributed by atoms with E-state index in [-0.39, 0.29) is 18.7 Å². The van der Waals surface area contributed by atoms with E-state index in [2.05, 4.69) is 0 Å². The van der Waals surface area contributed by atoms with Crippen LogP contribution in [0.25, 0.3) is 0 Å². The van der Waals surface area contributed by atoms with Gasteiger partial charge in [0, 0.05) is 23.9 Å². The van der Waals surface area contributed by atoms with Gasteiger partial charge in [-0.25, -0.2) is 13.2 Å². The van der Waals surface area contributed by atoms with Gasteiger partial charge < -0.3 is 10.0 Å². The molecule has 0 bridgehead atoms. The smallest absolute Gasteiger partial charge is 0.323 e. The highest BCUT2D eigenvalue weighted by atomic mass is 19.2. The van der Waals surface area contributed by atoms with Crippen molar-refractivity contribution in [3.63, 3.8) is 0 Å². The Hall–Kier alpha value is -2.50. The lowest BCUT2D eigenvalue weighted by molar-refractivity contribution is -0.135. The molecule has 2 aromatic rings. The number of hydrogen-bond acceptors (Lipinski definition) is 2. The van der Waals surface area contributed by atoms with E-state index in [0.29, 0.717) is 11.8 Å². The van der Waals surface area contributed by atoms with Crippen molar-refractivity contribution in [2.75, 3.05) is 11.4 Å². The van der Waals surface area contributed by atoms with Crippen LogP contribution in [0.15, 0.2) is 42.5 Å². The van der Waals surface area contributed by atoms with Crippen molar-refractivity contribution in [2.45, 2.75) is 6.54 Å². The maximum atomic E-state index is 13.7. The quantitative estimate of drug-likeness (QED) is 0.861. The van der Waals surface area contributed by atoms with Crippen molar-refractivity contribution >= 4 is 11.7 Å². The van der Waals surface area contributed by atoms with Gasteiger partial charge in [-0.15, -0.1) is 0 Å². The van der Waals surface area contributed by atoms with E-state index in [0.717, 1.165) is 6.07 Å². The SMILES string of the molecule is O=C(O)CN(Cc1cc(F)c(F)cc1F)c1ccccc1. The van der Waals surface area contributed by atoms with Crippen LogP contribution in [0.4, 0.5) is 18.9 Å². The van der Waals surface area contributed by atoms with E-state index in [1.54, 1.807) is 30.3 Å². The molecule has 110 valence electrons. The molecule has 0 radical (unpaired) electrons. The number of carboxylic acids is 1. The summed E-state index contributed by atoms with van der Waals surface area (Å²) in [6.45, 7) is -0.568. The minimum atomic E-state index is -1.28. The summed E-state index contributed by atoms with van der Waals surface area (Å²) in [5.41, 5.74) is 0.433. The molecule has 2 aromatic carbocycles. The molecule has 1 N–H and O–H groups in total. The number of para-hydroxylation sites is 1. The van der Waals surface area contributed by atoms with E-state index in [9.17, 15) is 18.0 Å². The number of nitrogens with zero attached hydrogens (tertiary/aromatic N) is 1. The second-order valence-electron chi connectivity index (χ2n) is 4.44. The normalized spacial score (nSPS) is 10.4. The average Bonchev–Trinajstić information content (AvgIpc) is 2.44. The van der Waals surface area contributed by atoms with Crippen molar-refractivity contribution in [3.8, 4) is 0 Å². The number of carbonyl (C=O) groups is 1. The first-order valence-electron chi connectivity index (χ1n) is 6.12. The summed E-state index contributed by atoms with van der Waals surface area (Å²) in [7, 11) is 0. The molecule has 3 nitrogen and oxygen atoms in total. The molecule has 21 heavy (non-hydrogen) atoms. The van der Waals surface area contributed by atoms with E-state index < -0.39 is 23.4 Å². The Morgan fingerprint density at radius 3 is 2.24 bits per heavy atom. The highest BCUT2D eigenvalue weighted by molar-refractivity contribution is 5.73. The Kier molecular flexibility index (Phi) is 4.47. The minimum absolute atomic E-state index is 0.112. The molecule has 2 rings (SSSR count). The molecule has 0 aliphatic rings. The van der Waals surface area contributed by atoms with Gasteiger partial charge in [0.1, 0.15) is 12.4 Å². The van der Waals surface area contributed by atoms with Gasteiger partial charge in [0.05, 0.1) is 0 Å². The summed E-state index contributed by atoms with van der Waals surface area (Å²) >= 11 is 0. The zero-order chi connectivity index (χ0) is 15.4. The molecule has 0 unspecified atom stereocenters. The van der Waals surface area contributed by atoms with Crippen molar-refractivity contribution < 1.29 is 23.1 Å². The van der Waals surface area contributed by atoms with Crippen LogP contribution < -0.4 is 4.90 Å². The van der Waals surface area contributed by atoms with Gasteiger partial charge in [-0.2, -0.15) is 0 Å². The fraction of sp³-hybridized carbons (Fsp3) is 0.133. The number of aliphatic carboxylic acids is 1. The fourth-order valence-corrected chi connectivity index (χ4v) is 1.93. The van der Waals surface area contributed by atoms with Gasteiger partial charge in [0.2, 0.25) is 0 Å². The molecule has 0 heterocycles. The molecule has 0 aliphatic heterocycles. The molecule has 0 saturated carbocycles.